The monoisotopic (exact) mass is 251 g/mol. The van der Waals surface area contributed by atoms with Crippen molar-refractivity contribution < 1.29 is 9.82 Å². The van der Waals surface area contributed by atoms with Crippen molar-refractivity contribution in [1.82, 2.24) is 0 Å². The van der Waals surface area contributed by atoms with Gasteiger partial charge in [-0.25, -0.2) is 0 Å². The first-order valence-electron chi connectivity index (χ1n) is 6.41. The molecule has 3 nitrogen and oxygen atoms in total. The molecule has 0 fully saturated rings. The van der Waals surface area contributed by atoms with Crippen molar-refractivity contribution >= 4 is 24.0 Å². The molecule has 1 aliphatic heterocycles. The van der Waals surface area contributed by atoms with Gasteiger partial charge in [-0.05, 0) is 42.5 Å². The molecule has 1 heterocycles. The van der Waals surface area contributed by atoms with Crippen LogP contribution in [-0.2, 0) is 6.42 Å². The average Bonchev–Trinajstić information content (AvgIpc) is 2.81. The Labute approximate surface area is 112 Å². The summed E-state index contributed by atoms with van der Waals surface area (Å²) in [7, 11) is 0. The summed E-state index contributed by atoms with van der Waals surface area (Å²) in [6.45, 7) is -0.399. The van der Waals surface area contributed by atoms with Gasteiger partial charge >= 0.3 is 6.92 Å². The van der Waals surface area contributed by atoms with Crippen LogP contribution in [0.4, 0.5) is 5.69 Å². The van der Waals surface area contributed by atoms with Crippen LogP contribution in [0.1, 0.15) is 15.9 Å². The van der Waals surface area contributed by atoms with Gasteiger partial charge in [-0.1, -0.05) is 29.8 Å². The second-order valence-electron chi connectivity index (χ2n) is 4.79. The average molecular weight is 251 g/mol. The van der Waals surface area contributed by atoms with Crippen LogP contribution >= 0.6 is 0 Å². The molecule has 94 valence electrons. The second-order valence-corrected chi connectivity index (χ2v) is 4.79. The summed E-state index contributed by atoms with van der Waals surface area (Å²) in [6.07, 6.45) is 1.68. The van der Waals surface area contributed by atoms with Crippen LogP contribution < -0.4 is 10.8 Å². The Morgan fingerprint density at radius 1 is 1.16 bits per heavy atom. The van der Waals surface area contributed by atoms with Gasteiger partial charge in [0.25, 0.3) is 5.91 Å². The Morgan fingerprint density at radius 3 is 2.74 bits per heavy atom. The Bertz CT molecular complexity index is 613. The molecule has 19 heavy (non-hydrogen) atoms. The van der Waals surface area contributed by atoms with E-state index in [1.165, 1.54) is 5.56 Å². The van der Waals surface area contributed by atoms with Crippen molar-refractivity contribution in [2.45, 2.75) is 12.7 Å². The van der Waals surface area contributed by atoms with E-state index < -0.39 is 6.92 Å². The van der Waals surface area contributed by atoms with Crippen LogP contribution in [-0.4, -0.2) is 17.8 Å². The maximum absolute atomic E-state index is 12.0. The standard InChI is InChI=1S/C15H14BNO2/c18-15(12-4-2-1-3-5-12)17-13-7-6-11-8-9-16(19)14(11)10-13/h1-7,10,19H,8-9H2,(H,17,18). The van der Waals surface area contributed by atoms with Gasteiger partial charge in [0.2, 0.25) is 0 Å². The van der Waals surface area contributed by atoms with Crippen LogP contribution in [0.25, 0.3) is 0 Å². The molecule has 1 amide bonds. The fourth-order valence-corrected chi connectivity index (χ4v) is 2.45. The molecule has 4 heteroatoms. The van der Waals surface area contributed by atoms with E-state index in [1.807, 2.05) is 36.4 Å². The highest BCUT2D eigenvalue weighted by Crippen LogP contribution is 2.17. The molecule has 0 aromatic heterocycles. The number of aryl methyl sites for hydroxylation is 1. The summed E-state index contributed by atoms with van der Waals surface area (Å²) in [5, 5.41) is 12.7. The van der Waals surface area contributed by atoms with Crippen LogP contribution in [0.3, 0.4) is 0 Å². The molecule has 2 aromatic rings. The quantitative estimate of drug-likeness (QED) is 0.798. The summed E-state index contributed by atoms with van der Waals surface area (Å²) < 4.78 is 0. The molecule has 1 aliphatic rings. The first-order valence-corrected chi connectivity index (χ1v) is 6.41. The minimum absolute atomic E-state index is 0.131. The minimum Gasteiger partial charge on any atom is -0.446 e. The lowest BCUT2D eigenvalue weighted by Crippen LogP contribution is -2.26. The third kappa shape index (κ3) is 2.40. The molecule has 2 aromatic carbocycles. The summed E-state index contributed by atoms with van der Waals surface area (Å²) in [4.78, 5) is 12.0. The van der Waals surface area contributed by atoms with Gasteiger partial charge in [0.05, 0.1) is 0 Å². The number of amides is 1. The summed E-state index contributed by atoms with van der Waals surface area (Å²) in [6, 6.07) is 14.8. The minimum atomic E-state index is -0.399. The predicted molar refractivity (Wildman–Crippen MR) is 77.0 cm³/mol. The number of hydrogen-bond acceptors (Lipinski definition) is 2. The highest BCUT2D eigenvalue weighted by atomic mass is 16.2. The maximum Gasteiger partial charge on any atom is 0.324 e. The van der Waals surface area contributed by atoms with Crippen LogP contribution in [0.5, 0.6) is 0 Å². The molecule has 0 saturated carbocycles. The first kappa shape index (κ1) is 12.0. The highest BCUT2D eigenvalue weighted by molar-refractivity contribution is 6.68. The fraction of sp³-hybridized carbons (Fsp3) is 0.133. The predicted octanol–water partition coefficient (Wildman–Crippen LogP) is 1.69. The number of rotatable bonds is 2. The highest BCUT2D eigenvalue weighted by Gasteiger charge is 2.24. The Hall–Kier alpha value is -2.07. The van der Waals surface area contributed by atoms with Gasteiger partial charge in [-0.2, -0.15) is 0 Å². The number of benzene rings is 2. The third-order valence-corrected chi connectivity index (χ3v) is 3.49. The third-order valence-electron chi connectivity index (χ3n) is 3.49. The molecule has 0 unspecified atom stereocenters. The van der Waals surface area contributed by atoms with E-state index in [2.05, 4.69) is 5.32 Å². The Balaban J connectivity index is 1.81. The molecule has 0 aliphatic carbocycles. The van der Waals surface area contributed by atoms with Crippen molar-refractivity contribution in [1.29, 1.82) is 0 Å². The van der Waals surface area contributed by atoms with Gasteiger partial charge in [0.1, 0.15) is 0 Å². The van der Waals surface area contributed by atoms with Crippen molar-refractivity contribution in [3.05, 3.63) is 59.7 Å². The zero-order chi connectivity index (χ0) is 13.2. The second kappa shape index (κ2) is 4.90. The van der Waals surface area contributed by atoms with E-state index in [0.717, 1.165) is 23.9 Å². The number of carbonyl (C=O) groups excluding carboxylic acids is 1. The summed E-state index contributed by atoms with van der Waals surface area (Å²) in [5.41, 5.74) is 3.47. The van der Waals surface area contributed by atoms with Gasteiger partial charge < -0.3 is 10.3 Å². The number of fused-ring (bicyclic) bond motifs is 1. The van der Waals surface area contributed by atoms with Gasteiger partial charge in [-0.3, -0.25) is 4.79 Å². The molecule has 2 N–H and O–H groups in total. The van der Waals surface area contributed by atoms with Crippen molar-refractivity contribution in [3.8, 4) is 0 Å². The Morgan fingerprint density at radius 2 is 1.95 bits per heavy atom. The van der Waals surface area contributed by atoms with Gasteiger partial charge in [-0.15, -0.1) is 0 Å². The van der Waals surface area contributed by atoms with E-state index >= 15 is 0 Å². The van der Waals surface area contributed by atoms with Gasteiger partial charge in [0.15, 0.2) is 0 Å². The van der Waals surface area contributed by atoms with Crippen molar-refractivity contribution in [2.24, 2.45) is 0 Å². The molecule has 0 saturated heterocycles. The molecular weight excluding hydrogens is 237 g/mol. The first-order chi connectivity index (χ1) is 9.24. The van der Waals surface area contributed by atoms with E-state index in [9.17, 15) is 9.82 Å². The van der Waals surface area contributed by atoms with Crippen LogP contribution in [0.15, 0.2) is 48.5 Å². The Kier molecular flexibility index (Phi) is 3.09. The molecule has 0 atom stereocenters. The van der Waals surface area contributed by atoms with E-state index in [1.54, 1.807) is 12.1 Å². The number of nitrogens with one attached hydrogen (secondary N) is 1. The molecule has 3 rings (SSSR count). The zero-order valence-corrected chi connectivity index (χ0v) is 10.5. The molecule has 0 radical (unpaired) electrons. The van der Waals surface area contributed by atoms with Crippen LogP contribution in [0.2, 0.25) is 6.32 Å². The zero-order valence-electron chi connectivity index (χ0n) is 10.5. The van der Waals surface area contributed by atoms with Gasteiger partial charge in [0, 0.05) is 11.3 Å². The maximum atomic E-state index is 12.0. The smallest absolute Gasteiger partial charge is 0.324 e. The van der Waals surface area contributed by atoms with E-state index in [-0.39, 0.29) is 5.91 Å². The molecule has 0 spiro atoms. The van der Waals surface area contributed by atoms with Crippen molar-refractivity contribution in [3.63, 3.8) is 0 Å². The lowest BCUT2D eigenvalue weighted by atomic mass is 9.63. The number of anilines is 1. The normalized spacial score (nSPS) is 13.2. The lowest BCUT2D eigenvalue weighted by molar-refractivity contribution is 0.102. The molecule has 0 bridgehead atoms. The number of carbonyl (C=O) groups is 1. The summed E-state index contributed by atoms with van der Waals surface area (Å²) >= 11 is 0. The number of hydrogen-bond donors (Lipinski definition) is 2. The topological polar surface area (TPSA) is 49.3 Å². The van der Waals surface area contributed by atoms with Crippen LogP contribution in [0, 0.1) is 0 Å². The van der Waals surface area contributed by atoms with E-state index in [4.69, 9.17) is 0 Å². The largest absolute Gasteiger partial charge is 0.446 e. The lowest BCUT2D eigenvalue weighted by Gasteiger charge is -2.08. The molecular formula is C15H14BNO2. The van der Waals surface area contributed by atoms with E-state index in [0.29, 0.717) is 5.56 Å². The van der Waals surface area contributed by atoms with Crippen molar-refractivity contribution in [2.75, 3.05) is 5.32 Å². The fourth-order valence-electron chi connectivity index (χ4n) is 2.45. The SMILES string of the molecule is O=C(Nc1ccc2c(c1)B(O)CC2)c1ccccc1. The summed E-state index contributed by atoms with van der Waals surface area (Å²) in [5.74, 6) is -0.131.